The zero-order valence-corrected chi connectivity index (χ0v) is 12.5. The molecular formula is C18H20ClN. The lowest BCUT2D eigenvalue weighted by Crippen LogP contribution is -2.18. The Balaban J connectivity index is 1.85. The smallest absolute Gasteiger partial charge is 0.0574 e. The Morgan fingerprint density at radius 3 is 2.35 bits per heavy atom. The van der Waals surface area contributed by atoms with Gasteiger partial charge in [-0.3, -0.25) is 0 Å². The summed E-state index contributed by atoms with van der Waals surface area (Å²) in [5, 5.41) is 4.17. The number of nitrogens with one attached hydrogen (secondary N) is 1. The minimum absolute atomic E-state index is 0.198. The maximum absolute atomic E-state index is 6.10. The quantitative estimate of drug-likeness (QED) is 0.841. The van der Waals surface area contributed by atoms with E-state index < -0.39 is 0 Å². The minimum Gasteiger partial charge on any atom is -0.309 e. The van der Waals surface area contributed by atoms with E-state index in [0.717, 1.165) is 10.9 Å². The molecule has 1 unspecified atom stereocenters. The zero-order valence-electron chi connectivity index (χ0n) is 11.8. The number of hydrogen-bond acceptors (Lipinski definition) is 1. The molecule has 1 fully saturated rings. The molecule has 3 rings (SSSR count). The molecule has 1 N–H and O–H groups in total. The highest BCUT2D eigenvalue weighted by atomic mass is 35.5. The van der Waals surface area contributed by atoms with Crippen LogP contribution in [0.2, 0.25) is 5.02 Å². The second kappa shape index (κ2) is 5.99. The molecule has 0 aliphatic heterocycles. The van der Waals surface area contributed by atoms with Crippen molar-refractivity contribution in [1.82, 2.24) is 5.32 Å². The number of rotatable bonds is 4. The van der Waals surface area contributed by atoms with Gasteiger partial charge in [0, 0.05) is 5.02 Å². The Bertz CT molecular complexity index is 572. The fraction of sp³-hybridized carbons (Fsp3) is 0.333. The number of halogens is 1. The summed E-state index contributed by atoms with van der Waals surface area (Å²) < 4.78 is 0. The molecule has 1 aliphatic carbocycles. The second-order valence-electron chi connectivity index (χ2n) is 5.57. The van der Waals surface area contributed by atoms with E-state index in [-0.39, 0.29) is 6.04 Å². The normalized spacial score (nSPS) is 16.7. The highest BCUT2D eigenvalue weighted by molar-refractivity contribution is 6.30. The van der Waals surface area contributed by atoms with Crippen molar-refractivity contribution < 1.29 is 0 Å². The van der Waals surface area contributed by atoms with Crippen LogP contribution in [0.1, 0.15) is 47.9 Å². The molecule has 2 aromatic carbocycles. The van der Waals surface area contributed by atoms with Crippen molar-refractivity contribution in [3.8, 4) is 0 Å². The van der Waals surface area contributed by atoms with Crippen LogP contribution in [0.15, 0.2) is 48.5 Å². The molecule has 0 heterocycles. The Hall–Kier alpha value is -1.31. The van der Waals surface area contributed by atoms with Crippen LogP contribution in [0, 0.1) is 0 Å². The first kappa shape index (κ1) is 13.7. The third-order valence-electron chi connectivity index (χ3n) is 4.32. The van der Waals surface area contributed by atoms with Gasteiger partial charge in [0.25, 0.3) is 0 Å². The summed E-state index contributed by atoms with van der Waals surface area (Å²) in [5.74, 6) is 0.795. The van der Waals surface area contributed by atoms with Crippen molar-refractivity contribution >= 4 is 11.6 Å². The molecule has 1 saturated carbocycles. The molecule has 1 atom stereocenters. The summed E-state index contributed by atoms with van der Waals surface area (Å²) in [5.41, 5.74) is 3.98. The van der Waals surface area contributed by atoms with Gasteiger partial charge in [-0.05, 0) is 54.6 Å². The van der Waals surface area contributed by atoms with Crippen molar-refractivity contribution in [3.05, 3.63) is 70.2 Å². The molecule has 0 saturated heterocycles. The Morgan fingerprint density at radius 1 is 1.05 bits per heavy atom. The maximum atomic E-state index is 6.10. The zero-order chi connectivity index (χ0) is 13.9. The largest absolute Gasteiger partial charge is 0.309 e. The summed E-state index contributed by atoms with van der Waals surface area (Å²) >= 11 is 6.10. The summed E-state index contributed by atoms with van der Waals surface area (Å²) in [6.07, 6.45) is 4.08. The molecular weight excluding hydrogens is 266 g/mol. The molecule has 1 aliphatic rings. The van der Waals surface area contributed by atoms with E-state index in [1.54, 1.807) is 0 Å². The van der Waals surface area contributed by atoms with Crippen LogP contribution in [0.4, 0.5) is 0 Å². The molecule has 2 aromatic rings. The van der Waals surface area contributed by atoms with Crippen LogP contribution in [0.3, 0.4) is 0 Å². The predicted molar refractivity (Wildman–Crippen MR) is 85.4 cm³/mol. The Labute approximate surface area is 126 Å². The molecule has 0 radical (unpaired) electrons. The second-order valence-corrected chi connectivity index (χ2v) is 6.01. The first-order valence-corrected chi connectivity index (χ1v) is 7.68. The fourth-order valence-corrected chi connectivity index (χ4v) is 3.11. The lowest BCUT2D eigenvalue weighted by Gasteiger charge is -2.26. The molecule has 0 aromatic heterocycles. The molecule has 0 bridgehead atoms. The van der Waals surface area contributed by atoms with Gasteiger partial charge in [-0.2, -0.15) is 0 Å². The number of hydrogen-bond donors (Lipinski definition) is 1. The minimum atomic E-state index is 0.198. The van der Waals surface area contributed by atoms with Crippen LogP contribution in [-0.2, 0) is 0 Å². The lowest BCUT2D eigenvalue weighted by atomic mass is 9.79. The Kier molecular flexibility index (Phi) is 4.09. The molecule has 0 amide bonds. The third-order valence-corrected chi connectivity index (χ3v) is 4.55. The van der Waals surface area contributed by atoms with Crippen molar-refractivity contribution in [1.29, 1.82) is 0 Å². The SMILES string of the molecule is CNC(c1ccc(C2CCC2)cc1)c1cccc(Cl)c1. The molecule has 2 heteroatoms. The van der Waals surface area contributed by atoms with Crippen LogP contribution < -0.4 is 5.32 Å². The van der Waals surface area contributed by atoms with Gasteiger partial charge in [-0.25, -0.2) is 0 Å². The first-order valence-electron chi connectivity index (χ1n) is 7.30. The van der Waals surface area contributed by atoms with Crippen LogP contribution in [0.5, 0.6) is 0 Å². The fourth-order valence-electron chi connectivity index (χ4n) is 2.91. The van der Waals surface area contributed by atoms with E-state index >= 15 is 0 Å². The van der Waals surface area contributed by atoms with Crippen LogP contribution in [-0.4, -0.2) is 7.05 Å². The third kappa shape index (κ3) is 2.74. The van der Waals surface area contributed by atoms with E-state index in [9.17, 15) is 0 Å². The van der Waals surface area contributed by atoms with Gasteiger partial charge in [0.2, 0.25) is 0 Å². The van der Waals surface area contributed by atoms with E-state index in [1.165, 1.54) is 36.0 Å². The highest BCUT2D eigenvalue weighted by Gasteiger charge is 2.20. The van der Waals surface area contributed by atoms with Crippen molar-refractivity contribution in [2.24, 2.45) is 0 Å². The van der Waals surface area contributed by atoms with Crippen molar-refractivity contribution in [2.45, 2.75) is 31.2 Å². The van der Waals surface area contributed by atoms with Crippen molar-refractivity contribution in [3.63, 3.8) is 0 Å². The highest BCUT2D eigenvalue weighted by Crippen LogP contribution is 2.36. The molecule has 20 heavy (non-hydrogen) atoms. The summed E-state index contributed by atoms with van der Waals surface area (Å²) in [4.78, 5) is 0. The monoisotopic (exact) mass is 285 g/mol. The van der Waals surface area contributed by atoms with Gasteiger partial charge in [-0.1, -0.05) is 54.4 Å². The average molecular weight is 286 g/mol. The van der Waals surface area contributed by atoms with E-state index in [4.69, 9.17) is 11.6 Å². The van der Waals surface area contributed by atoms with Gasteiger partial charge in [0.05, 0.1) is 6.04 Å². The number of benzene rings is 2. The van der Waals surface area contributed by atoms with Gasteiger partial charge in [-0.15, -0.1) is 0 Å². The first-order chi connectivity index (χ1) is 9.78. The van der Waals surface area contributed by atoms with Gasteiger partial charge < -0.3 is 5.32 Å². The summed E-state index contributed by atoms with van der Waals surface area (Å²) in [7, 11) is 1.99. The lowest BCUT2D eigenvalue weighted by molar-refractivity contribution is 0.419. The summed E-state index contributed by atoms with van der Waals surface area (Å²) in [6, 6.07) is 17.3. The molecule has 1 nitrogen and oxygen atoms in total. The van der Waals surface area contributed by atoms with Crippen LogP contribution >= 0.6 is 11.6 Å². The maximum Gasteiger partial charge on any atom is 0.0574 e. The van der Waals surface area contributed by atoms with E-state index in [1.807, 2.05) is 25.2 Å². The molecule has 104 valence electrons. The van der Waals surface area contributed by atoms with Crippen molar-refractivity contribution in [2.75, 3.05) is 7.05 Å². The van der Waals surface area contributed by atoms with Gasteiger partial charge in [0.1, 0.15) is 0 Å². The standard InChI is InChI=1S/C18H20ClN/c1-20-18(16-6-3-7-17(19)12-16)15-10-8-14(9-11-15)13-4-2-5-13/h3,6-13,18,20H,2,4-5H2,1H3. The van der Waals surface area contributed by atoms with Gasteiger partial charge in [0.15, 0.2) is 0 Å². The summed E-state index contributed by atoms with van der Waals surface area (Å²) in [6.45, 7) is 0. The van der Waals surface area contributed by atoms with E-state index in [2.05, 4.69) is 35.6 Å². The van der Waals surface area contributed by atoms with E-state index in [0.29, 0.717) is 0 Å². The average Bonchev–Trinajstić information content (AvgIpc) is 2.40. The predicted octanol–water partition coefficient (Wildman–Crippen LogP) is 4.92. The van der Waals surface area contributed by atoms with Crippen LogP contribution in [0.25, 0.3) is 0 Å². The Morgan fingerprint density at radius 2 is 1.80 bits per heavy atom. The van der Waals surface area contributed by atoms with Gasteiger partial charge >= 0.3 is 0 Å². The topological polar surface area (TPSA) is 12.0 Å². The molecule has 0 spiro atoms.